The van der Waals surface area contributed by atoms with Crippen LogP contribution >= 0.6 is 0 Å². The summed E-state index contributed by atoms with van der Waals surface area (Å²) in [6.45, 7) is 0.0906. The van der Waals surface area contributed by atoms with Gasteiger partial charge in [0.25, 0.3) is 5.91 Å². The lowest BCUT2D eigenvalue weighted by molar-refractivity contribution is -0.143. The van der Waals surface area contributed by atoms with Gasteiger partial charge in [0.1, 0.15) is 0 Å². The van der Waals surface area contributed by atoms with E-state index in [0.717, 1.165) is 27.6 Å². The van der Waals surface area contributed by atoms with Crippen molar-refractivity contribution in [2.24, 2.45) is 0 Å². The van der Waals surface area contributed by atoms with E-state index in [1.807, 2.05) is 54.6 Å². The molecule has 0 bridgehead atoms. The molecule has 7 heteroatoms. The fourth-order valence-electron chi connectivity index (χ4n) is 3.32. The second-order valence-corrected chi connectivity index (χ2v) is 6.90. The minimum absolute atomic E-state index is 0.0906. The monoisotopic (exact) mass is 421 g/mol. The Hall–Kier alpha value is -3.87. The minimum atomic E-state index is -4.74. The van der Waals surface area contributed by atoms with Crippen LogP contribution in [-0.2, 0) is 12.7 Å². The standard InChI is InChI=1S/C24H18F3N3O/c25-24(26,27)22-21(16-29-30(22)20-12-5-2-6-13-20)23(31)28-15-17-8-7-11-19(14-17)18-9-3-1-4-10-18/h1-14,16H,15H2,(H,28,31). The maximum Gasteiger partial charge on any atom is 0.434 e. The largest absolute Gasteiger partial charge is 0.434 e. The van der Waals surface area contributed by atoms with Gasteiger partial charge in [0.2, 0.25) is 0 Å². The first-order valence-electron chi connectivity index (χ1n) is 9.56. The summed E-state index contributed by atoms with van der Waals surface area (Å²) >= 11 is 0. The number of hydrogen-bond acceptors (Lipinski definition) is 2. The van der Waals surface area contributed by atoms with Gasteiger partial charge >= 0.3 is 6.18 Å². The smallest absolute Gasteiger partial charge is 0.348 e. The van der Waals surface area contributed by atoms with Crippen LogP contribution in [0.25, 0.3) is 16.8 Å². The zero-order valence-electron chi connectivity index (χ0n) is 16.3. The van der Waals surface area contributed by atoms with Crippen molar-refractivity contribution in [3.05, 3.63) is 108 Å². The zero-order valence-corrected chi connectivity index (χ0v) is 16.3. The van der Waals surface area contributed by atoms with Crippen LogP contribution in [0.5, 0.6) is 0 Å². The van der Waals surface area contributed by atoms with Crippen molar-refractivity contribution in [3.8, 4) is 16.8 Å². The van der Waals surface area contributed by atoms with Gasteiger partial charge in [-0.25, -0.2) is 4.68 Å². The highest BCUT2D eigenvalue weighted by Gasteiger charge is 2.40. The van der Waals surface area contributed by atoms with Gasteiger partial charge in [0.05, 0.1) is 17.4 Å². The number of nitrogens with one attached hydrogen (secondary N) is 1. The number of amides is 1. The fourth-order valence-corrected chi connectivity index (χ4v) is 3.32. The van der Waals surface area contributed by atoms with Crippen molar-refractivity contribution in [2.75, 3.05) is 0 Å². The van der Waals surface area contributed by atoms with Gasteiger partial charge in [0.15, 0.2) is 5.69 Å². The number of rotatable bonds is 5. The lowest BCUT2D eigenvalue weighted by Gasteiger charge is -2.13. The predicted octanol–water partition coefficient (Wildman–Crippen LogP) is 5.49. The summed E-state index contributed by atoms with van der Waals surface area (Å²) in [7, 11) is 0. The van der Waals surface area contributed by atoms with Crippen LogP contribution in [0.4, 0.5) is 13.2 Å². The highest BCUT2D eigenvalue weighted by molar-refractivity contribution is 5.95. The quantitative estimate of drug-likeness (QED) is 0.463. The number of aromatic nitrogens is 2. The van der Waals surface area contributed by atoms with Crippen molar-refractivity contribution >= 4 is 5.91 Å². The van der Waals surface area contributed by atoms with E-state index in [2.05, 4.69) is 10.4 Å². The third kappa shape index (κ3) is 4.50. The van der Waals surface area contributed by atoms with E-state index in [9.17, 15) is 18.0 Å². The molecule has 0 spiro atoms. The molecule has 1 amide bonds. The van der Waals surface area contributed by atoms with Gasteiger partial charge in [-0.15, -0.1) is 0 Å². The Morgan fingerprint density at radius 3 is 2.19 bits per heavy atom. The molecule has 4 rings (SSSR count). The summed E-state index contributed by atoms with van der Waals surface area (Å²) < 4.78 is 42.0. The number of hydrogen-bond donors (Lipinski definition) is 1. The van der Waals surface area contributed by atoms with Crippen molar-refractivity contribution < 1.29 is 18.0 Å². The van der Waals surface area contributed by atoms with Crippen LogP contribution in [0, 0.1) is 0 Å². The maximum absolute atomic E-state index is 13.8. The molecule has 3 aromatic carbocycles. The summed E-state index contributed by atoms with van der Waals surface area (Å²) in [5.41, 5.74) is 1.35. The topological polar surface area (TPSA) is 46.9 Å². The van der Waals surface area contributed by atoms with Gasteiger partial charge in [-0.1, -0.05) is 66.7 Å². The fraction of sp³-hybridized carbons (Fsp3) is 0.0833. The molecular formula is C24H18F3N3O. The Labute approximate surface area is 177 Å². The molecule has 156 valence electrons. The van der Waals surface area contributed by atoms with Gasteiger partial charge in [-0.2, -0.15) is 18.3 Å². The number of nitrogens with zero attached hydrogens (tertiary/aromatic N) is 2. The second-order valence-electron chi connectivity index (χ2n) is 6.90. The van der Waals surface area contributed by atoms with Gasteiger partial charge in [0, 0.05) is 6.54 Å². The first-order chi connectivity index (χ1) is 14.9. The molecule has 0 aliphatic heterocycles. The first-order valence-corrected chi connectivity index (χ1v) is 9.56. The van der Waals surface area contributed by atoms with Crippen LogP contribution in [0.15, 0.2) is 91.1 Å². The van der Waals surface area contributed by atoms with Crippen molar-refractivity contribution in [2.45, 2.75) is 12.7 Å². The number of para-hydroxylation sites is 1. The molecule has 1 N–H and O–H groups in total. The highest BCUT2D eigenvalue weighted by atomic mass is 19.4. The number of carbonyl (C=O) groups is 1. The predicted molar refractivity (Wildman–Crippen MR) is 112 cm³/mol. The van der Waals surface area contributed by atoms with Crippen molar-refractivity contribution in [3.63, 3.8) is 0 Å². The molecule has 4 aromatic rings. The zero-order chi connectivity index (χ0) is 21.8. The summed E-state index contributed by atoms with van der Waals surface area (Å²) in [4.78, 5) is 12.6. The van der Waals surface area contributed by atoms with Crippen LogP contribution in [0.3, 0.4) is 0 Å². The Balaban J connectivity index is 1.57. The van der Waals surface area contributed by atoms with E-state index in [-0.39, 0.29) is 12.2 Å². The molecule has 0 radical (unpaired) electrons. The molecular weight excluding hydrogens is 403 g/mol. The molecule has 0 saturated carbocycles. The number of benzene rings is 3. The van der Waals surface area contributed by atoms with E-state index in [4.69, 9.17) is 0 Å². The number of alkyl halides is 3. The minimum Gasteiger partial charge on any atom is -0.348 e. The average molecular weight is 421 g/mol. The highest BCUT2D eigenvalue weighted by Crippen LogP contribution is 2.33. The first kappa shape index (κ1) is 20.4. The molecule has 0 aliphatic carbocycles. The third-order valence-corrected chi connectivity index (χ3v) is 4.77. The molecule has 4 nitrogen and oxygen atoms in total. The Bertz CT molecular complexity index is 1190. The van der Waals surface area contributed by atoms with E-state index >= 15 is 0 Å². The van der Waals surface area contributed by atoms with Gasteiger partial charge in [-0.3, -0.25) is 4.79 Å². The Morgan fingerprint density at radius 1 is 0.871 bits per heavy atom. The average Bonchev–Trinajstić information content (AvgIpc) is 3.25. The molecule has 31 heavy (non-hydrogen) atoms. The molecule has 0 atom stereocenters. The Kier molecular flexibility index (Phi) is 5.58. The van der Waals surface area contributed by atoms with Crippen molar-refractivity contribution in [1.82, 2.24) is 15.1 Å². The molecule has 1 heterocycles. The van der Waals surface area contributed by atoms with E-state index < -0.39 is 23.3 Å². The number of halogens is 3. The van der Waals surface area contributed by atoms with Crippen molar-refractivity contribution in [1.29, 1.82) is 0 Å². The summed E-state index contributed by atoms with van der Waals surface area (Å²) in [6.07, 6.45) is -3.79. The lowest BCUT2D eigenvalue weighted by Crippen LogP contribution is -2.26. The molecule has 0 fully saturated rings. The van der Waals surface area contributed by atoms with Gasteiger partial charge < -0.3 is 5.32 Å². The van der Waals surface area contributed by atoms with Crippen LogP contribution < -0.4 is 5.32 Å². The SMILES string of the molecule is O=C(NCc1cccc(-c2ccccc2)c1)c1cnn(-c2ccccc2)c1C(F)(F)F. The lowest BCUT2D eigenvalue weighted by atomic mass is 10.0. The second kappa shape index (κ2) is 8.47. The molecule has 1 aromatic heterocycles. The maximum atomic E-state index is 13.8. The summed E-state index contributed by atoms with van der Waals surface area (Å²) in [6, 6.07) is 25.1. The van der Waals surface area contributed by atoms with Crippen LogP contribution in [-0.4, -0.2) is 15.7 Å². The normalized spacial score (nSPS) is 11.3. The van der Waals surface area contributed by atoms with E-state index in [1.54, 1.807) is 18.2 Å². The van der Waals surface area contributed by atoms with Gasteiger partial charge in [-0.05, 0) is 34.9 Å². The number of carbonyl (C=O) groups excluding carboxylic acids is 1. The van der Waals surface area contributed by atoms with E-state index in [0.29, 0.717) is 0 Å². The van der Waals surface area contributed by atoms with Crippen LogP contribution in [0.1, 0.15) is 21.6 Å². The summed E-state index contributed by atoms with van der Waals surface area (Å²) in [5.74, 6) is -0.834. The molecule has 0 unspecified atom stereocenters. The van der Waals surface area contributed by atoms with E-state index in [1.165, 1.54) is 12.1 Å². The molecule has 0 aliphatic rings. The Morgan fingerprint density at radius 2 is 1.52 bits per heavy atom. The van der Waals surface area contributed by atoms with Crippen LogP contribution in [0.2, 0.25) is 0 Å². The summed E-state index contributed by atoms with van der Waals surface area (Å²) in [5, 5.41) is 6.40. The third-order valence-electron chi connectivity index (χ3n) is 4.77. The molecule has 0 saturated heterocycles.